The van der Waals surface area contributed by atoms with Gasteiger partial charge in [0.25, 0.3) is 10.0 Å². The highest BCUT2D eigenvalue weighted by atomic mass is 32.2. The van der Waals surface area contributed by atoms with Gasteiger partial charge < -0.3 is 20.1 Å². The molecule has 1 heterocycles. The van der Waals surface area contributed by atoms with Crippen LogP contribution in [0.25, 0.3) is 10.9 Å². The number of fused-ring (bicyclic) bond motifs is 1. The van der Waals surface area contributed by atoms with E-state index < -0.39 is 28.4 Å². The van der Waals surface area contributed by atoms with Crippen LogP contribution in [0.4, 0.5) is 17.1 Å². The summed E-state index contributed by atoms with van der Waals surface area (Å²) < 4.78 is 28.5. The van der Waals surface area contributed by atoms with E-state index in [1.54, 1.807) is 60.7 Å². The van der Waals surface area contributed by atoms with Crippen LogP contribution < -0.4 is 9.62 Å². The van der Waals surface area contributed by atoms with Crippen LogP contribution in [0.15, 0.2) is 113 Å². The van der Waals surface area contributed by atoms with Crippen molar-refractivity contribution in [1.82, 2.24) is 4.98 Å². The van der Waals surface area contributed by atoms with E-state index in [2.05, 4.69) is 9.71 Å². The summed E-state index contributed by atoms with van der Waals surface area (Å²) in [6.07, 6.45) is 0. The van der Waals surface area contributed by atoms with Crippen molar-refractivity contribution in [2.45, 2.75) is 11.8 Å². The molecule has 10 nitrogen and oxygen atoms in total. The van der Waals surface area contributed by atoms with Gasteiger partial charge in [0.2, 0.25) is 5.91 Å². The van der Waals surface area contributed by atoms with Gasteiger partial charge in [0, 0.05) is 34.8 Å². The highest BCUT2D eigenvalue weighted by Gasteiger charge is 2.21. The number of aromatic amines is 1. The number of hydrogen-bond acceptors (Lipinski definition) is 6. The minimum Gasteiger partial charge on any atom is -0.494 e. The summed E-state index contributed by atoms with van der Waals surface area (Å²) in [7, 11) is -3.85. The van der Waals surface area contributed by atoms with Crippen molar-refractivity contribution in [2.75, 3.05) is 16.2 Å². The molecule has 0 unspecified atom stereocenters. The van der Waals surface area contributed by atoms with Crippen molar-refractivity contribution < 1.29 is 28.2 Å². The molecule has 212 valence electrons. The zero-order valence-electron chi connectivity index (χ0n) is 22.4. The van der Waals surface area contributed by atoms with Crippen molar-refractivity contribution in [1.29, 1.82) is 0 Å². The Hall–Kier alpha value is -5.42. The number of H-pyrrole nitrogens is 1. The third kappa shape index (κ3) is 6.01. The molecule has 0 radical (unpaired) electrons. The zero-order chi connectivity index (χ0) is 29.9. The average Bonchev–Trinajstić information content (AvgIpc) is 3.30. The van der Waals surface area contributed by atoms with Crippen LogP contribution in [-0.2, 0) is 19.6 Å². The number of aliphatic carboxylic acids is 1. The van der Waals surface area contributed by atoms with E-state index in [0.29, 0.717) is 44.8 Å². The third-order valence-corrected chi connectivity index (χ3v) is 7.84. The number of anilines is 2. The molecule has 0 aliphatic rings. The van der Waals surface area contributed by atoms with Gasteiger partial charge in [-0.2, -0.15) is 0 Å². The van der Waals surface area contributed by atoms with Crippen molar-refractivity contribution in [3.8, 4) is 5.88 Å². The number of aliphatic imine (C=N–C) groups is 1. The fourth-order valence-corrected chi connectivity index (χ4v) is 5.58. The van der Waals surface area contributed by atoms with Gasteiger partial charge in [-0.3, -0.25) is 14.3 Å². The van der Waals surface area contributed by atoms with E-state index in [-0.39, 0.29) is 10.8 Å². The van der Waals surface area contributed by atoms with Crippen LogP contribution in [0.2, 0.25) is 0 Å². The molecule has 0 aliphatic heterocycles. The van der Waals surface area contributed by atoms with Crippen LogP contribution >= 0.6 is 0 Å². The minimum absolute atomic E-state index is 0.115. The van der Waals surface area contributed by atoms with Gasteiger partial charge in [-0.05, 0) is 54.6 Å². The number of amides is 1. The Morgan fingerprint density at radius 3 is 2.17 bits per heavy atom. The molecule has 0 aliphatic carbocycles. The predicted octanol–water partition coefficient (Wildman–Crippen LogP) is 5.28. The first-order valence-corrected chi connectivity index (χ1v) is 14.3. The number of carbonyl (C=O) groups is 2. The SMILES string of the molecule is CC(=O)N(CC(=O)O)c1ccc(N=C(c2ccccc2)c2c(O)[nH]c3ccc(NS(=O)(=O)c4ccccc4)cc23)cc1. The monoisotopic (exact) mass is 582 g/mol. The number of aromatic nitrogens is 1. The van der Waals surface area contributed by atoms with E-state index in [0.717, 1.165) is 4.90 Å². The van der Waals surface area contributed by atoms with Gasteiger partial charge in [0.1, 0.15) is 6.54 Å². The van der Waals surface area contributed by atoms with Crippen molar-refractivity contribution >= 4 is 55.6 Å². The van der Waals surface area contributed by atoms with Crippen LogP contribution in [0, 0.1) is 0 Å². The smallest absolute Gasteiger partial charge is 0.323 e. The Morgan fingerprint density at radius 1 is 0.905 bits per heavy atom. The quantitative estimate of drug-likeness (QED) is 0.174. The highest BCUT2D eigenvalue weighted by molar-refractivity contribution is 7.92. The molecule has 11 heteroatoms. The van der Waals surface area contributed by atoms with Gasteiger partial charge >= 0.3 is 5.97 Å². The second kappa shape index (κ2) is 11.6. The minimum atomic E-state index is -3.85. The largest absolute Gasteiger partial charge is 0.494 e. The van der Waals surface area contributed by atoms with Crippen LogP contribution in [0.3, 0.4) is 0 Å². The summed E-state index contributed by atoms with van der Waals surface area (Å²) in [5.41, 5.74) is 3.19. The lowest BCUT2D eigenvalue weighted by molar-refractivity contribution is -0.136. The number of nitrogens with one attached hydrogen (secondary N) is 2. The summed E-state index contributed by atoms with van der Waals surface area (Å²) in [4.78, 5) is 32.2. The maximum atomic E-state index is 13.0. The highest BCUT2D eigenvalue weighted by Crippen LogP contribution is 2.34. The standard InChI is InChI=1S/C31H26N4O6S/c1-20(36)35(19-28(37)38)24-15-12-22(13-16-24)32-30(21-8-4-2-5-9-21)29-26-18-23(14-17-27(26)33-31(29)39)34-42(40,41)25-10-6-3-7-11-25/h2-18,33-34,39H,19H2,1H3,(H,37,38). The average molecular weight is 583 g/mol. The van der Waals surface area contributed by atoms with Gasteiger partial charge in [0.05, 0.1) is 21.9 Å². The van der Waals surface area contributed by atoms with Crippen LogP contribution in [-0.4, -0.2) is 47.7 Å². The Balaban J connectivity index is 1.59. The van der Waals surface area contributed by atoms with Gasteiger partial charge in [-0.25, -0.2) is 13.4 Å². The molecule has 0 bridgehead atoms. The second-order valence-electron chi connectivity index (χ2n) is 9.37. The Labute approximate surface area is 241 Å². The first-order chi connectivity index (χ1) is 20.1. The lowest BCUT2D eigenvalue weighted by Crippen LogP contribution is -2.33. The molecule has 5 aromatic rings. The summed E-state index contributed by atoms with van der Waals surface area (Å²) in [5.74, 6) is -1.71. The van der Waals surface area contributed by atoms with E-state index in [1.165, 1.54) is 19.1 Å². The number of benzene rings is 4. The normalized spacial score (nSPS) is 11.8. The number of nitrogens with zero attached hydrogens (tertiary/aromatic N) is 2. The number of aromatic hydroxyl groups is 1. The first kappa shape index (κ1) is 28.1. The van der Waals surface area contributed by atoms with Gasteiger partial charge in [0.15, 0.2) is 5.88 Å². The third-order valence-electron chi connectivity index (χ3n) is 6.44. The number of rotatable bonds is 9. The molecule has 4 aromatic carbocycles. The summed E-state index contributed by atoms with van der Waals surface area (Å²) in [5, 5.41) is 20.7. The molecule has 4 N–H and O–H groups in total. The van der Waals surface area contributed by atoms with Gasteiger partial charge in [-0.15, -0.1) is 0 Å². The topological polar surface area (TPSA) is 152 Å². The first-order valence-electron chi connectivity index (χ1n) is 12.8. The maximum Gasteiger partial charge on any atom is 0.323 e. The number of carbonyl (C=O) groups excluding carboxylic acids is 1. The van der Waals surface area contributed by atoms with E-state index >= 15 is 0 Å². The van der Waals surface area contributed by atoms with E-state index in [1.807, 2.05) is 30.3 Å². The summed E-state index contributed by atoms with van der Waals surface area (Å²) in [6, 6.07) is 28.5. The molecule has 0 saturated heterocycles. The van der Waals surface area contributed by atoms with E-state index in [4.69, 9.17) is 4.99 Å². The molecule has 0 atom stereocenters. The number of carboxylic acids is 1. The van der Waals surface area contributed by atoms with Crippen molar-refractivity contribution in [3.05, 3.63) is 114 Å². The fraction of sp³-hybridized carbons (Fsp3) is 0.0645. The Bertz CT molecular complexity index is 1900. The van der Waals surface area contributed by atoms with Crippen LogP contribution in [0.1, 0.15) is 18.1 Å². The van der Waals surface area contributed by atoms with Crippen molar-refractivity contribution in [2.24, 2.45) is 4.99 Å². The lowest BCUT2D eigenvalue weighted by atomic mass is 10.0. The molecule has 1 amide bonds. The summed E-state index contributed by atoms with van der Waals surface area (Å²) in [6.45, 7) is 0.809. The Kier molecular flexibility index (Phi) is 7.76. The van der Waals surface area contributed by atoms with Crippen LogP contribution in [0.5, 0.6) is 5.88 Å². The Morgan fingerprint density at radius 2 is 1.55 bits per heavy atom. The molecule has 5 rings (SSSR count). The number of carboxylic acid groups (broad SMARTS) is 1. The maximum absolute atomic E-state index is 13.0. The molecule has 0 saturated carbocycles. The summed E-state index contributed by atoms with van der Waals surface area (Å²) >= 11 is 0. The molecular formula is C31H26N4O6S. The molecule has 42 heavy (non-hydrogen) atoms. The number of sulfonamides is 1. The molecule has 0 fully saturated rings. The predicted molar refractivity (Wildman–Crippen MR) is 161 cm³/mol. The molecule has 0 spiro atoms. The molecular weight excluding hydrogens is 556 g/mol. The van der Waals surface area contributed by atoms with Crippen molar-refractivity contribution in [3.63, 3.8) is 0 Å². The number of hydrogen-bond donors (Lipinski definition) is 4. The molecule has 1 aromatic heterocycles. The van der Waals surface area contributed by atoms with E-state index in [9.17, 15) is 28.2 Å². The second-order valence-corrected chi connectivity index (χ2v) is 11.1. The fourth-order valence-electron chi connectivity index (χ4n) is 4.51. The zero-order valence-corrected chi connectivity index (χ0v) is 23.2. The lowest BCUT2D eigenvalue weighted by Gasteiger charge is -2.19. The van der Waals surface area contributed by atoms with Gasteiger partial charge in [-0.1, -0.05) is 48.5 Å².